The molecular formula is C28H21N3O4. The molecule has 0 bridgehead atoms. The van der Waals surface area contributed by atoms with E-state index in [9.17, 15) is 9.59 Å². The zero-order valence-corrected chi connectivity index (χ0v) is 18.8. The third kappa shape index (κ3) is 4.47. The number of ether oxygens (including phenoxy) is 2. The number of para-hydroxylation sites is 3. The number of fused-ring (bicyclic) bond motifs is 1. The first-order valence-electron chi connectivity index (χ1n) is 10.9. The summed E-state index contributed by atoms with van der Waals surface area (Å²) < 4.78 is 12.5. The van der Waals surface area contributed by atoms with E-state index in [1.807, 2.05) is 42.5 Å². The summed E-state index contributed by atoms with van der Waals surface area (Å²) in [5.74, 6) is 1.37. The lowest BCUT2D eigenvalue weighted by atomic mass is 10.1. The normalized spacial score (nSPS) is 10.7. The van der Waals surface area contributed by atoms with Gasteiger partial charge in [-0.25, -0.2) is 0 Å². The third-order valence-electron chi connectivity index (χ3n) is 5.43. The molecule has 4 aromatic carbocycles. The second-order valence-corrected chi connectivity index (χ2v) is 7.68. The molecule has 172 valence electrons. The van der Waals surface area contributed by atoms with Crippen molar-refractivity contribution in [2.45, 2.75) is 0 Å². The Labute approximate surface area is 201 Å². The fourth-order valence-electron chi connectivity index (χ4n) is 3.73. The maximum atomic E-state index is 13.2. The summed E-state index contributed by atoms with van der Waals surface area (Å²) in [6, 6.07) is 30.3. The van der Waals surface area contributed by atoms with Gasteiger partial charge in [0, 0.05) is 11.1 Å². The van der Waals surface area contributed by atoms with E-state index in [2.05, 4.69) is 10.4 Å². The highest BCUT2D eigenvalue weighted by Gasteiger charge is 2.18. The van der Waals surface area contributed by atoms with E-state index < -0.39 is 5.91 Å². The zero-order chi connectivity index (χ0) is 24.2. The quantitative estimate of drug-likeness (QED) is 0.363. The van der Waals surface area contributed by atoms with Crippen molar-refractivity contribution in [3.8, 4) is 22.9 Å². The predicted octanol–water partition coefficient (Wildman–Crippen LogP) is 5.44. The predicted molar refractivity (Wildman–Crippen MR) is 135 cm³/mol. The van der Waals surface area contributed by atoms with Crippen LogP contribution >= 0.6 is 0 Å². The standard InChI is InChI=1S/C28H21N3O4/c1-34-24-13-7-8-14-25(24)35-21-17-15-19(16-18-21)29-27(32)26-22-11-5-6-12-23(22)28(33)31(30-26)20-9-3-2-4-10-20/h2-18H,1H3,(H,29,32). The van der Waals surface area contributed by atoms with Gasteiger partial charge in [-0.2, -0.15) is 9.78 Å². The van der Waals surface area contributed by atoms with Crippen LogP contribution in [0.2, 0.25) is 0 Å². The summed E-state index contributed by atoms with van der Waals surface area (Å²) in [5, 5.41) is 8.18. The minimum atomic E-state index is -0.427. The third-order valence-corrected chi connectivity index (χ3v) is 5.43. The van der Waals surface area contributed by atoms with Gasteiger partial charge in [0.1, 0.15) is 5.75 Å². The van der Waals surface area contributed by atoms with Crippen molar-refractivity contribution in [2.75, 3.05) is 12.4 Å². The Morgan fingerprint density at radius 1 is 0.771 bits per heavy atom. The van der Waals surface area contributed by atoms with E-state index in [0.29, 0.717) is 39.4 Å². The first kappa shape index (κ1) is 21.9. The summed E-state index contributed by atoms with van der Waals surface area (Å²) >= 11 is 0. The van der Waals surface area contributed by atoms with Crippen molar-refractivity contribution >= 4 is 22.4 Å². The molecule has 0 unspecified atom stereocenters. The van der Waals surface area contributed by atoms with E-state index in [4.69, 9.17) is 9.47 Å². The van der Waals surface area contributed by atoms with Crippen molar-refractivity contribution in [1.82, 2.24) is 9.78 Å². The molecule has 0 spiro atoms. The Morgan fingerprint density at radius 3 is 2.11 bits per heavy atom. The number of carbonyl (C=O) groups excluding carboxylic acids is 1. The molecule has 0 aliphatic heterocycles. The van der Waals surface area contributed by atoms with Crippen LogP contribution in [0.3, 0.4) is 0 Å². The zero-order valence-electron chi connectivity index (χ0n) is 18.8. The first-order valence-corrected chi connectivity index (χ1v) is 10.9. The number of hydrogen-bond acceptors (Lipinski definition) is 5. The van der Waals surface area contributed by atoms with Crippen molar-refractivity contribution in [3.05, 3.63) is 119 Å². The van der Waals surface area contributed by atoms with Gasteiger partial charge in [0.05, 0.1) is 18.2 Å². The van der Waals surface area contributed by atoms with Gasteiger partial charge in [-0.1, -0.05) is 48.5 Å². The van der Waals surface area contributed by atoms with Crippen LogP contribution in [-0.2, 0) is 0 Å². The number of nitrogens with one attached hydrogen (secondary N) is 1. The fourth-order valence-corrected chi connectivity index (χ4v) is 3.73. The summed E-state index contributed by atoms with van der Waals surface area (Å²) in [7, 11) is 1.58. The molecule has 0 atom stereocenters. The average molecular weight is 463 g/mol. The Hall–Kier alpha value is -4.91. The van der Waals surface area contributed by atoms with Gasteiger partial charge < -0.3 is 14.8 Å². The van der Waals surface area contributed by atoms with Crippen molar-refractivity contribution in [2.24, 2.45) is 0 Å². The molecule has 0 saturated heterocycles. The summed E-state index contributed by atoms with van der Waals surface area (Å²) in [5.41, 5.74) is 1.00. The average Bonchev–Trinajstić information content (AvgIpc) is 2.91. The molecule has 0 fully saturated rings. The van der Waals surface area contributed by atoms with Gasteiger partial charge in [0.25, 0.3) is 11.5 Å². The number of rotatable bonds is 6. The molecule has 1 aromatic heterocycles. The largest absolute Gasteiger partial charge is 0.493 e. The van der Waals surface area contributed by atoms with E-state index in [0.717, 1.165) is 0 Å². The topological polar surface area (TPSA) is 82.4 Å². The lowest BCUT2D eigenvalue weighted by molar-refractivity contribution is 0.102. The monoisotopic (exact) mass is 463 g/mol. The molecule has 7 heteroatoms. The molecule has 35 heavy (non-hydrogen) atoms. The Kier molecular flexibility index (Phi) is 5.96. The number of amides is 1. The van der Waals surface area contributed by atoms with E-state index >= 15 is 0 Å². The lowest BCUT2D eigenvalue weighted by Crippen LogP contribution is -2.26. The highest BCUT2D eigenvalue weighted by Crippen LogP contribution is 2.31. The molecule has 1 heterocycles. The fraction of sp³-hybridized carbons (Fsp3) is 0.0357. The van der Waals surface area contributed by atoms with E-state index in [-0.39, 0.29) is 11.3 Å². The van der Waals surface area contributed by atoms with Gasteiger partial charge >= 0.3 is 0 Å². The lowest BCUT2D eigenvalue weighted by Gasteiger charge is -2.12. The van der Waals surface area contributed by atoms with Crippen LogP contribution in [-0.4, -0.2) is 22.8 Å². The smallest absolute Gasteiger partial charge is 0.279 e. The van der Waals surface area contributed by atoms with Gasteiger partial charge in [-0.15, -0.1) is 0 Å². The molecule has 0 aliphatic carbocycles. The maximum absolute atomic E-state index is 13.2. The SMILES string of the molecule is COc1ccccc1Oc1ccc(NC(=O)c2nn(-c3ccccc3)c(=O)c3ccccc23)cc1. The molecule has 1 amide bonds. The minimum Gasteiger partial charge on any atom is -0.493 e. The molecule has 5 aromatic rings. The van der Waals surface area contributed by atoms with Crippen LogP contribution < -0.4 is 20.3 Å². The van der Waals surface area contributed by atoms with Crippen molar-refractivity contribution in [1.29, 1.82) is 0 Å². The Balaban J connectivity index is 1.44. The van der Waals surface area contributed by atoms with Gasteiger partial charge in [-0.05, 0) is 54.6 Å². The Morgan fingerprint density at radius 2 is 1.40 bits per heavy atom. The summed E-state index contributed by atoms with van der Waals surface area (Å²) in [6.45, 7) is 0. The number of aromatic nitrogens is 2. The van der Waals surface area contributed by atoms with Crippen LogP contribution in [0.4, 0.5) is 5.69 Å². The molecular weight excluding hydrogens is 442 g/mol. The molecule has 1 N–H and O–H groups in total. The second kappa shape index (κ2) is 9.52. The highest BCUT2D eigenvalue weighted by molar-refractivity contribution is 6.11. The van der Waals surface area contributed by atoms with E-state index in [1.165, 1.54) is 4.68 Å². The van der Waals surface area contributed by atoms with Crippen LogP contribution in [0.15, 0.2) is 108 Å². The molecule has 5 rings (SSSR count). The van der Waals surface area contributed by atoms with Crippen LogP contribution in [0.5, 0.6) is 17.2 Å². The maximum Gasteiger partial charge on any atom is 0.279 e. The second-order valence-electron chi connectivity index (χ2n) is 7.68. The number of carbonyl (C=O) groups is 1. The Bertz CT molecular complexity index is 1560. The van der Waals surface area contributed by atoms with Gasteiger partial charge in [0.2, 0.25) is 0 Å². The molecule has 0 saturated carbocycles. The first-order chi connectivity index (χ1) is 17.1. The number of methoxy groups -OCH3 is 1. The van der Waals surface area contributed by atoms with Gasteiger partial charge in [0.15, 0.2) is 17.2 Å². The van der Waals surface area contributed by atoms with Crippen molar-refractivity contribution in [3.63, 3.8) is 0 Å². The number of benzene rings is 4. The molecule has 0 radical (unpaired) electrons. The van der Waals surface area contributed by atoms with E-state index in [1.54, 1.807) is 67.8 Å². The highest BCUT2D eigenvalue weighted by atomic mass is 16.5. The molecule has 0 aliphatic rings. The van der Waals surface area contributed by atoms with Gasteiger partial charge in [-0.3, -0.25) is 9.59 Å². The van der Waals surface area contributed by atoms with Crippen LogP contribution in [0.1, 0.15) is 10.5 Å². The van der Waals surface area contributed by atoms with Crippen LogP contribution in [0, 0.1) is 0 Å². The molecule has 7 nitrogen and oxygen atoms in total. The summed E-state index contributed by atoms with van der Waals surface area (Å²) in [6.07, 6.45) is 0. The summed E-state index contributed by atoms with van der Waals surface area (Å²) in [4.78, 5) is 26.3. The number of anilines is 1. The van der Waals surface area contributed by atoms with Crippen LogP contribution in [0.25, 0.3) is 16.5 Å². The number of nitrogens with zero attached hydrogens (tertiary/aromatic N) is 2. The number of hydrogen-bond donors (Lipinski definition) is 1. The minimum absolute atomic E-state index is 0.151. The van der Waals surface area contributed by atoms with Crippen molar-refractivity contribution < 1.29 is 14.3 Å².